The smallest absolute Gasteiger partial charge is 0.266 e. The molecule has 3 aromatic rings. The van der Waals surface area contributed by atoms with Gasteiger partial charge in [-0.2, -0.15) is 5.26 Å². The van der Waals surface area contributed by atoms with Gasteiger partial charge >= 0.3 is 0 Å². The summed E-state index contributed by atoms with van der Waals surface area (Å²) in [5, 5.41) is 15.0. The van der Waals surface area contributed by atoms with Crippen molar-refractivity contribution in [3.05, 3.63) is 88.7 Å². The summed E-state index contributed by atoms with van der Waals surface area (Å²) in [5.41, 5.74) is 3.50. The minimum atomic E-state index is -0.526. The van der Waals surface area contributed by atoms with Crippen LogP contribution in [0.2, 0.25) is 0 Å². The van der Waals surface area contributed by atoms with Gasteiger partial charge in [-0.15, -0.1) is 0 Å². The molecule has 0 aliphatic heterocycles. The molecule has 3 aromatic carbocycles. The number of benzene rings is 3. The standard InChI is InChI=1S/C28H26FN3O4/c1-4-35-26-15-20(14-21(16-30)28(34)32-24-7-5-6-18(2)19(24)3)8-13-25(26)36-17-27(33)31-23-11-9-22(29)10-12-23/h5-15H,4,17H2,1-3H3,(H,31,33)(H,32,34)/b21-14-. The number of aryl methyl sites for hydroxylation is 1. The number of rotatable bonds is 9. The zero-order chi connectivity index (χ0) is 26.1. The van der Waals surface area contributed by atoms with Gasteiger partial charge in [0, 0.05) is 11.4 Å². The van der Waals surface area contributed by atoms with E-state index in [4.69, 9.17) is 9.47 Å². The van der Waals surface area contributed by atoms with E-state index in [1.165, 1.54) is 30.3 Å². The average Bonchev–Trinajstić information content (AvgIpc) is 2.86. The maximum atomic E-state index is 13.0. The van der Waals surface area contributed by atoms with Gasteiger partial charge in [-0.1, -0.05) is 18.2 Å². The third-order valence-electron chi connectivity index (χ3n) is 5.28. The van der Waals surface area contributed by atoms with Crippen molar-refractivity contribution in [1.82, 2.24) is 0 Å². The molecule has 0 aliphatic carbocycles. The van der Waals surface area contributed by atoms with E-state index in [1.54, 1.807) is 31.2 Å². The number of amides is 2. The monoisotopic (exact) mass is 487 g/mol. The minimum absolute atomic E-state index is 0.0781. The Hall–Kier alpha value is -4.64. The number of hydrogen-bond acceptors (Lipinski definition) is 5. The second-order valence-corrected chi connectivity index (χ2v) is 7.85. The SMILES string of the molecule is CCOc1cc(/C=C(/C#N)C(=O)Nc2cccc(C)c2C)ccc1OCC(=O)Nc1ccc(F)cc1. The molecule has 2 N–H and O–H groups in total. The highest BCUT2D eigenvalue weighted by molar-refractivity contribution is 6.10. The molecule has 0 fully saturated rings. The van der Waals surface area contributed by atoms with Crippen molar-refractivity contribution >= 4 is 29.3 Å². The lowest BCUT2D eigenvalue weighted by molar-refractivity contribution is -0.118. The van der Waals surface area contributed by atoms with E-state index in [9.17, 15) is 19.2 Å². The molecular formula is C28H26FN3O4. The topological polar surface area (TPSA) is 100 Å². The van der Waals surface area contributed by atoms with Crippen LogP contribution in [0.4, 0.5) is 15.8 Å². The van der Waals surface area contributed by atoms with Crippen molar-refractivity contribution in [2.45, 2.75) is 20.8 Å². The molecule has 3 rings (SSSR count). The van der Waals surface area contributed by atoms with Gasteiger partial charge in [0.2, 0.25) is 0 Å². The van der Waals surface area contributed by atoms with E-state index in [2.05, 4.69) is 10.6 Å². The lowest BCUT2D eigenvalue weighted by atomic mass is 10.1. The van der Waals surface area contributed by atoms with Crippen molar-refractivity contribution in [3.8, 4) is 17.6 Å². The lowest BCUT2D eigenvalue weighted by Gasteiger charge is -2.13. The second-order valence-electron chi connectivity index (χ2n) is 7.85. The summed E-state index contributed by atoms with van der Waals surface area (Å²) in [6.07, 6.45) is 1.45. The first kappa shape index (κ1) is 26.0. The molecule has 0 aliphatic rings. The van der Waals surface area contributed by atoms with Crippen molar-refractivity contribution in [2.75, 3.05) is 23.8 Å². The van der Waals surface area contributed by atoms with Crippen LogP contribution in [0.25, 0.3) is 6.08 Å². The van der Waals surface area contributed by atoms with Gasteiger partial charge in [0.1, 0.15) is 17.5 Å². The molecule has 7 nitrogen and oxygen atoms in total. The first-order valence-electron chi connectivity index (χ1n) is 11.2. The largest absolute Gasteiger partial charge is 0.490 e. The Morgan fingerprint density at radius 3 is 2.44 bits per heavy atom. The quantitative estimate of drug-likeness (QED) is 0.311. The summed E-state index contributed by atoms with van der Waals surface area (Å²) >= 11 is 0. The Labute approximate surface area is 209 Å². The molecule has 2 amide bonds. The predicted molar refractivity (Wildman–Crippen MR) is 136 cm³/mol. The normalized spacial score (nSPS) is 10.8. The average molecular weight is 488 g/mol. The van der Waals surface area contributed by atoms with E-state index < -0.39 is 17.6 Å². The summed E-state index contributed by atoms with van der Waals surface area (Å²) in [6, 6.07) is 17.7. The Morgan fingerprint density at radius 1 is 1.00 bits per heavy atom. The maximum Gasteiger partial charge on any atom is 0.266 e. The van der Waals surface area contributed by atoms with Crippen LogP contribution in [-0.4, -0.2) is 25.0 Å². The summed E-state index contributed by atoms with van der Waals surface area (Å²) < 4.78 is 24.3. The van der Waals surface area contributed by atoms with E-state index in [0.717, 1.165) is 11.1 Å². The van der Waals surface area contributed by atoms with Gasteiger partial charge in [-0.25, -0.2) is 4.39 Å². The van der Waals surface area contributed by atoms with Gasteiger partial charge in [-0.3, -0.25) is 9.59 Å². The first-order chi connectivity index (χ1) is 17.3. The van der Waals surface area contributed by atoms with Crippen molar-refractivity contribution in [3.63, 3.8) is 0 Å². The third-order valence-corrected chi connectivity index (χ3v) is 5.28. The molecule has 0 saturated heterocycles. The molecule has 0 bridgehead atoms. The Morgan fingerprint density at radius 2 is 1.75 bits per heavy atom. The molecule has 8 heteroatoms. The molecule has 0 aromatic heterocycles. The lowest BCUT2D eigenvalue weighted by Crippen LogP contribution is -2.20. The highest BCUT2D eigenvalue weighted by atomic mass is 19.1. The summed E-state index contributed by atoms with van der Waals surface area (Å²) in [4.78, 5) is 24.9. The Kier molecular flexibility index (Phi) is 8.79. The molecular weight excluding hydrogens is 461 g/mol. The number of carbonyl (C=O) groups is 2. The highest BCUT2D eigenvalue weighted by Crippen LogP contribution is 2.30. The van der Waals surface area contributed by atoms with Crippen LogP contribution >= 0.6 is 0 Å². The minimum Gasteiger partial charge on any atom is -0.490 e. The van der Waals surface area contributed by atoms with Crippen LogP contribution in [0.15, 0.2) is 66.2 Å². The van der Waals surface area contributed by atoms with Crippen LogP contribution in [0, 0.1) is 31.0 Å². The van der Waals surface area contributed by atoms with Gasteiger partial charge < -0.3 is 20.1 Å². The molecule has 0 atom stereocenters. The second kappa shape index (κ2) is 12.2. The van der Waals surface area contributed by atoms with Crippen molar-refractivity contribution < 1.29 is 23.5 Å². The molecule has 0 heterocycles. The van der Waals surface area contributed by atoms with E-state index >= 15 is 0 Å². The summed E-state index contributed by atoms with van der Waals surface area (Å²) in [5.74, 6) is -0.679. The van der Waals surface area contributed by atoms with Crippen molar-refractivity contribution in [2.24, 2.45) is 0 Å². The number of halogens is 1. The van der Waals surface area contributed by atoms with Crippen LogP contribution in [-0.2, 0) is 9.59 Å². The van der Waals surface area contributed by atoms with Crippen LogP contribution in [0.3, 0.4) is 0 Å². The molecule has 184 valence electrons. The van der Waals surface area contributed by atoms with Gasteiger partial charge in [0.15, 0.2) is 18.1 Å². The fraction of sp³-hybridized carbons (Fsp3) is 0.179. The number of ether oxygens (including phenoxy) is 2. The molecule has 0 saturated carbocycles. The number of anilines is 2. The van der Waals surface area contributed by atoms with Gasteiger partial charge in [-0.05, 0) is 86.0 Å². The summed E-state index contributed by atoms with van der Waals surface area (Å²) in [6.45, 7) is 5.68. The van der Waals surface area contributed by atoms with Crippen LogP contribution < -0.4 is 20.1 Å². The first-order valence-corrected chi connectivity index (χ1v) is 11.2. The van der Waals surface area contributed by atoms with E-state index in [1.807, 2.05) is 32.0 Å². The zero-order valence-electron chi connectivity index (χ0n) is 20.2. The fourth-order valence-electron chi connectivity index (χ4n) is 3.27. The maximum absolute atomic E-state index is 13.0. The van der Waals surface area contributed by atoms with E-state index in [0.29, 0.717) is 35.0 Å². The molecule has 0 spiro atoms. The van der Waals surface area contributed by atoms with Gasteiger partial charge in [0.05, 0.1) is 6.61 Å². The third kappa shape index (κ3) is 6.93. The van der Waals surface area contributed by atoms with Crippen LogP contribution in [0.1, 0.15) is 23.6 Å². The van der Waals surface area contributed by atoms with Crippen LogP contribution in [0.5, 0.6) is 11.5 Å². The molecule has 0 unspecified atom stereocenters. The summed E-state index contributed by atoms with van der Waals surface area (Å²) in [7, 11) is 0. The van der Waals surface area contributed by atoms with Gasteiger partial charge in [0.25, 0.3) is 11.8 Å². The molecule has 36 heavy (non-hydrogen) atoms. The number of nitriles is 1. The van der Waals surface area contributed by atoms with Crippen molar-refractivity contribution in [1.29, 1.82) is 5.26 Å². The molecule has 0 radical (unpaired) electrons. The number of hydrogen-bond donors (Lipinski definition) is 2. The zero-order valence-corrected chi connectivity index (χ0v) is 20.2. The number of nitrogens with one attached hydrogen (secondary N) is 2. The van der Waals surface area contributed by atoms with E-state index in [-0.39, 0.29) is 12.2 Å². The Bertz CT molecular complexity index is 1330. The number of carbonyl (C=O) groups excluding carboxylic acids is 2. The Balaban J connectivity index is 1.72. The number of nitrogens with zero attached hydrogens (tertiary/aromatic N) is 1. The predicted octanol–water partition coefficient (Wildman–Crippen LogP) is 5.40. The highest BCUT2D eigenvalue weighted by Gasteiger charge is 2.14. The fourth-order valence-corrected chi connectivity index (χ4v) is 3.27.